The fourth-order valence-corrected chi connectivity index (χ4v) is 3.79. The first-order valence-electron chi connectivity index (χ1n) is 7.56. The second kappa shape index (κ2) is 6.93. The van der Waals surface area contributed by atoms with Crippen LogP contribution in [0.15, 0.2) is 41.8 Å². The summed E-state index contributed by atoms with van der Waals surface area (Å²) < 4.78 is 0. The quantitative estimate of drug-likeness (QED) is 0.908. The number of benzene rings is 1. The van der Waals surface area contributed by atoms with Crippen molar-refractivity contribution in [1.82, 2.24) is 15.5 Å². The number of urea groups is 1. The van der Waals surface area contributed by atoms with Crippen molar-refractivity contribution >= 4 is 23.3 Å². The number of hydrogen-bond acceptors (Lipinski definition) is 4. The van der Waals surface area contributed by atoms with Gasteiger partial charge in [0.2, 0.25) is 5.91 Å². The molecule has 1 aromatic heterocycles. The molecule has 2 aromatic rings. The van der Waals surface area contributed by atoms with E-state index < -0.39 is 12.1 Å². The fraction of sp³-hybridized carbons (Fsp3) is 0.294. The third kappa shape index (κ3) is 3.43. The van der Waals surface area contributed by atoms with Gasteiger partial charge in [0.15, 0.2) is 0 Å². The molecule has 120 valence electrons. The van der Waals surface area contributed by atoms with Gasteiger partial charge in [-0.15, -0.1) is 11.3 Å². The molecular weight excluding hydrogens is 310 g/mol. The summed E-state index contributed by atoms with van der Waals surface area (Å²) in [7, 11) is 1.50. The van der Waals surface area contributed by atoms with Crippen molar-refractivity contribution in [3.05, 3.63) is 57.8 Å². The number of rotatable bonds is 3. The number of carbonyl (C=O) groups is 2. The topological polar surface area (TPSA) is 61.4 Å². The molecule has 0 fully saturated rings. The van der Waals surface area contributed by atoms with E-state index in [9.17, 15) is 9.59 Å². The smallest absolute Gasteiger partial charge is 0.321 e. The van der Waals surface area contributed by atoms with Crippen LogP contribution in [0, 0.1) is 0 Å². The van der Waals surface area contributed by atoms with Crippen LogP contribution in [0.5, 0.6) is 0 Å². The molecule has 5 nitrogen and oxygen atoms in total. The molecule has 3 rings (SSSR count). The average Bonchev–Trinajstić information content (AvgIpc) is 3.03. The lowest BCUT2D eigenvalue weighted by Crippen LogP contribution is -2.46. The van der Waals surface area contributed by atoms with Gasteiger partial charge in [-0.25, -0.2) is 4.79 Å². The van der Waals surface area contributed by atoms with Crippen LogP contribution < -0.4 is 10.6 Å². The molecule has 0 saturated heterocycles. The van der Waals surface area contributed by atoms with Crippen LogP contribution in [-0.2, 0) is 17.8 Å². The molecule has 6 heteroatoms. The summed E-state index contributed by atoms with van der Waals surface area (Å²) in [4.78, 5) is 27.7. The Labute approximate surface area is 139 Å². The number of imide groups is 1. The summed E-state index contributed by atoms with van der Waals surface area (Å²) in [5, 5.41) is 6.94. The molecule has 0 bridgehead atoms. The number of carbonyl (C=O) groups excluding carboxylic acids is 2. The van der Waals surface area contributed by atoms with E-state index in [-0.39, 0.29) is 5.91 Å². The van der Waals surface area contributed by atoms with Crippen molar-refractivity contribution in [3.8, 4) is 0 Å². The summed E-state index contributed by atoms with van der Waals surface area (Å²) >= 11 is 1.77. The average molecular weight is 329 g/mol. The molecule has 1 unspecified atom stereocenters. The van der Waals surface area contributed by atoms with Crippen LogP contribution >= 0.6 is 11.3 Å². The maximum Gasteiger partial charge on any atom is 0.321 e. The van der Waals surface area contributed by atoms with Crippen molar-refractivity contribution < 1.29 is 9.59 Å². The van der Waals surface area contributed by atoms with Crippen LogP contribution in [0.2, 0.25) is 0 Å². The largest absolute Gasteiger partial charge is 0.341 e. The molecule has 2 heterocycles. The highest BCUT2D eigenvalue weighted by Crippen LogP contribution is 2.30. The van der Waals surface area contributed by atoms with Crippen LogP contribution in [0.4, 0.5) is 4.79 Å². The molecular formula is C17H19N3O2S. The maximum absolute atomic E-state index is 12.7. The standard InChI is InChI=1S/C17H19N3O2S/c1-18-17(22)19-16(21)15(12-5-3-2-4-6-12)20-9-7-14-13(11-20)8-10-23-14/h2-6,8,10,15H,7,9,11H2,1H3,(H2,18,19,21,22). The first-order valence-corrected chi connectivity index (χ1v) is 8.44. The highest BCUT2D eigenvalue weighted by molar-refractivity contribution is 7.10. The zero-order valence-electron chi connectivity index (χ0n) is 12.9. The zero-order valence-corrected chi connectivity index (χ0v) is 13.7. The van der Waals surface area contributed by atoms with Gasteiger partial charge in [-0.2, -0.15) is 0 Å². The van der Waals surface area contributed by atoms with Gasteiger partial charge in [0.1, 0.15) is 6.04 Å². The first kappa shape index (κ1) is 15.7. The first-order chi connectivity index (χ1) is 11.2. The van der Waals surface area contributed by atoms with Gasteiger partial charge in [-0.1, -0.05) is 30.3 Å². The lowest BCUT2D eigenvalue weighted by atomic mass is 10.0. The van der Waals surface area contributed by atoms with Crippen LogP contribution in [-0.4, -0.2) is 30.4 Å². The Balaban J connectivity index is 1.87. The normalized spacial score (nSPS) is 15.5. The number of thiophene rings is 1. The Morgan fingerprint density at radius 3 is 2.74 bits per heavy atom. The lowest BCUT2D eigenvalue weighted by molar-refractivity contribution is -0.126. The SMILES string of the molecule is CNC(=O)NC(=O)C(c1ccccc1)N1CCc2sccc2C1. The molecule has 0 radical (unpaired) electrons. The molecule has 1 aromatic carbocycles. The Morgan fingerprint density at radius 2 is 2.00 bits per heavy atom. The van der Waals surface area contributed by atoms with E-state index in [2.05, 4.69) is 27.0 Å². The highest BCUT2D eigenvalue weighted by atomic mass is 32.1. The monoisotopic (exact) mass is 329 g/mol. The molecule has 23 heavy (non-hydrogen) atoms. The van der Waals surface area contributed by atoms with Crippen molar-refractivity contribution in [2.24, 2.45) is 0 Å². The Morgan fingerprint density at radius 1 is 1.22 bits per heavy atom. The second-order valence-corrected chi connectivity index (χ2v) is 6.47. The number of hydrogen-bond donors (Lipinski definition) is 2. The minimum absolute atomic E-state index is 0.297. The van der Waals surface area contributed by atoms with Gasteiger partial charge in [0, 0.05) is 25.0 Å². The van der Waals surface area contributed by atoms with Gasteiger partial charge in [-0.05, 0) is 29.0 Å². The predicted molar refractivity (Wildman–Crippen MR) is 90.2 cm³/mol. The number of amides is 3. The van der Waals surface area contributed by atoms with E-state index in [1.165, 1.54) is 17.5 Å². The minimum atomic E-state index is -0.482. The summed E-state index contributed by atoms with van der Waals surface area (Å²) in [5.41, 5.74) is 2.17. The summed E-state index contributed by atoms with van der Waals surface area (Å²) in [5.74, 6) is -0.297. The van der Waals surface area contributed by atoms with E-state index in [1.807, 2.05) is 30.3 Å². The molecule has 3 amide bonds. The number of nitrogens with zero attached hydrogens (tertiary/aromatic N) is 1. The van der Waals surface area contributed by atoms with Gasteiger partial charge >= 0.3 is 6.03 Å². The molecule has 0 spiro atoms. The fourth-order valence-electron chi connectivity index (χ4n) is 2.90. The Hall–Kier alpha value is -2.18. The van der Waals surface area contributed by atoms with E-state index in [0.717, 1.165) is 25.1 Å². The molecule has 1 aliphatic rings. The summed E-state index contributed by atoms with van der Waals surface area (Å²) in [6.07, 6.45) is 0.934. The Bertz CT molecular complexity index is 699. The zero-order chi connectivity index (χ0) is 16.2. The summed E-state index contributed by atoms with van der Waals surface area (Å²) in [6.45, 7) is 1.52. The number of fused-ring (bicyclic) bond motifs is 1. The minimum Gasteiger partial charge on any atom is -0.341 e. The van der Waals surface area contributed by atoms with Crippen molar-refractivity contribution in [1.29, 1.82) is 0 Å². The van der Waals surface area contributed by atoms with E-state index >= 15 is 0 Å². The predicted octanol–water partition coefficient (Wildman–Crippen LogP) is 2.30. The van der Waals surface area contributed by atoms with Gasteiger partial charge in [0.25, 0.3) is 0 Å². The van der Waals surface area contributed by atoms with Crippen molar-refractivity contribution in [2.75, 3.05) is 13.6 Å². The van der Waals surface area contributed by atoms with Crippen LogP contribution in [0.3, 0.4) is 0 Å². The molecule has 1 atom stereocenters. The molecule has 1 aliphatic heterocycles. The third-order valence-corrected chi connectivity index (χ3v) is 5.05. The summed E-state index contributed by atoms with van der Waals surface area (Å²) in [6, 6.07) is 10.8. The molecule has 2 N–H and O–H groups in total. The Kier molecular flexibility index (Phi) is 4.73. The van der Waals surface area contributed by atoms with Crippen molar-refractivity contribution in [2.45, 2.75) is 19.0 Å². The van der Waals surface area contributed by atoms with Gasteiger partial charge in [0.05, 0.1) is 0 Å². The lowest BCUT2D eigenvalue weighted by Gasteiger charge is -2.33. The van der Waals surface area contributed by atoms with E-state index in [4.69, 9.17) is 0 Å². The number of nitrogens with one attached hydrogen (secondary N) is 2. The molecule has 0 aliphatic carbocycles. The van der Waals surface area contributed by atoms with E-state index in [0.29, 0.717) is 0 Å². The second-order valence-electron chi connectivity index (χ2n) is 5.47. The van der Waals surface area contributed by atoms with Crippen LogP contribution in [0.25, 0.3) is 0 Å². The highest BCUT2D eigenvalue weighted by Gasteiger charge is 2.31. The van der Waals surface area contributed by atoms with Crippen LogP contribution in [0.1, 0.15) is 22.0 Å². The van der Waals surface area contributed by atoms with Gasteiger partial charge in [-0.3, -0.25) is 15.0 Å². The van der Waals surface area contributed by atoms with Gasteiger partial charge < -0.3 is 5.32 Å². The van der Waals surface area contributed by atoms with E-state index in [1.54, 1.807) is 11.3 Å². The third-order valence-electron chi connectivity index (χ3n) is 4.03. The van der Waals surface area contributed by atoms with Crippen molar-refractivity contribution in [3.63, 3.8) is 0 Å². The maximum atomic E-state index is 12.7. The molecule has 0 saturated carbocycles.